The summed E-state index contributed by atoms with van der Waals surface area (Å²) in [6.07, 6.45) is 0. The third-order valence-electron chi connectivity index (χ3n) is 3.61. The molecule has 0 fully saturated rings. The molecule has 0 amide bonds. The van der Waals surface area contributed by atoms with Crippen molar-refractivity contribution in [2.24, 2.45) is 0 Å². The molecule has 22 heavy (non-hydrogen) atoms. The highest BCUT2D eigenvalue weighted by Crippen LogP contribution is 2.29. The molecule has 0 unspecified atom stereocenters. The molecular formula is C18H17NO3. The number of rotatable bonds is 2. The minimum Gasteiger partial charge on any atom is -0.478 e. The van der Waals surface area contributed by atoms with Crippen molar-refractivity contribution in [3.8, 4) is 11.5 Å². The molecule has 3 aromatic rings. The van der Waals surface area contributed by atoms with Crippen molar-refractivity contribution < 1.29 is 14.3 Å². The molecule has 0 radical (unpaired) electrons. The summed E-state index contributed by atoms with van der Waals surface area (Å²) in [5.74, 6) is -0.530. The molecule has 2 aromatic carbocycles. The molecule has 0 saturated carbocycles. The van der Waals surface area contributed by atoms with Crippen molar-refractivity contribution in [2.75, 3.05) is 0 Å². The first-order chi connectivity index (χ1) is 10.3. The van der Waals surface area contributed by atoms with Gasteiger partial charge in [-0.05, 0) is 41.3 Å². The molecule has 4 heteroatoms. The molecule has 112 valence electrons. The van der Waals surface area contributed by atoms with Crippen LogP contribution in [0.4, 0.5) is 0 Å². The molecule has 4 nitrogen and oxygen atoms in total. The SMILES string of the molecule is CC(C)(C)c1ccc2oc(-c3cccc(C(=O)O)c3)nc2c1. The Hall–Kier alpha value is -2.62. The average molecular weight is 295 g/mol. The molecule has 1 N–H and O–H groups in total. The Morgan fingerprint density at radius 1 is 1.14 bits per heavy atom. The van der Waals surface area contributed by atoms with Gasteiger partial charge in [0.25, 0.3) is 0 Å². The average Bonchev–Trinajstić information content (AvgIpc) is 2.89. The number of carboxylic acid groups (broad SMARTS) is 1. The molecule has 1 aromatic heterocycles. The van der Waals surface area contributed by atoms with Gasteiger partial charge in [0.2, 0.25) is 5.89 Å². The lowest BCUT2D eigenvalue weighted by Gasteiger charge is -2.18. The van der Waals surface area contributed by atoms with Crippen molar-refractivity contribution in [2.45, 2.75) is 26.2 Å². The maximum atomic E-state index is 11.1. The zero-order valence-electron chi connectivity index (χ0n) is 12.8. The summed E-state index contributed by atoms with van der Waals surface area (Å²) in [5.41, 5.74) is 3.57. The molecule has 0 aliphatic carbocycles. The van der Waals surface area contributed by atoms with E-state index in [2.05, 4.69) is 25.8 Å². The predicted octanol–water partition coefficient (Wildman–Crippen LogP) is 4.49. The first-order valence-corrected chi connectivity index (χ1v) is 7.09. The van der Waals surface area contributed by atoms with Gasteiger partial charge in [0.05, 0.1) is 5.56 Å². The monoisotopic (exact) mass is 295 g/mol. The van der Waals surface area contributed by atoms with Gasteiger partial charge in [-0.15, -0.1) is 0 Å². The van der Waals surface area contributed by atoms with E-state index in [1.807, 2.05) is 18.2 Å². The van der Waals surface area contributed by atoms with Gasteiger partial charge in [-0.1, -0.05) is 32.9 Å². The lowest BCUT2D eigenvalue weighted by molar-refractivity contribution is 0.0697. The zero-order valence-corrected chi connectivity index (χ0v) is 12.8. The summed E-state index contributed by atoms with van der Waals surface area (Å²) in [6.45, 7) is 6.43. The number of carbonyl (C=O) groups is 1. The Morgan fingerprint density at radius 3 is 2.59 bits per heavy atom. The number of aromatic nitrogens is 1. The summed E-state index contributed by atoms with van der Waals surface area (Å²) in [4.78, 5) is 15.6. The van der Waals surface area contributed by atoms with Gasteiger partial charge in [-0.2, -0.15) is 0 Å². The maximum absolute atomic E-state index is 11.1. The van der Waals surface area contributed by atoms with E-state index in [1.54, 1.807) is 24.3 Å². The van der Waals surface area contributed by atoms with E-state index >= 15 is 0 Å². The Kier molecular flexibility index (Phi) is 3.24. The molecule has 0 saturated heterocycles. The predicted molar refractivity (Wildman–Crippen MR) is 85.1 cm³/mol. The van der Waals surface area contributed by atoms with Crippen LogP contribution in [0.2, 0.25) is 0 Å². The molecule has 3 rings (SSSR count). The Morgan fingerprint density at radius 2 is 1.91 bits per heavy atom. The number of hydrogen-bond acceptors (Lipinski definition) is 3. The minimum atomic E-state index is -0.965. The quantitative estimate of drug-likeness (QED) is 0.756. The van der Waals surface area contributed by atoms with Crippen LogP contribution in [-0.4, -0.2) is 16.1 Å². The molecule has 0 spiro atoms. The van der Waals surface area contributed by atoms with Gasteiger partial charge >= 0.3 is 5.97 Å². The third kappa shape index (κ3) is 2.60. The largest absolute Gasteiger partial charge is 0.478 e. The summed E-state index contributed by atoms with van der Waals surface area (Å²) in [5, 5.41) is 9.07. The number of benzene rings is 2. The highest BCUT2D eigenvalue weighted by atomic mass is 16.4. The minimum absolute atomic E-state index is 0.0382. The van der Waals surface area contributed by atoms with Gasteiger partial charge in [0, 0.05) is 5.56 Å². The highest BCUT2D eigenvalue weighted by molar-refractivity contribution is 5.89. The second-order valence-corrected chi connectivity index (χ2v) is 6.34. The third-order valence-corrected chi connectivity index (χ3v) is 3.61. The van der Waals surface area contributed by atoms with E-state index in [1.165, 1.54) is 5.56 Å². The number of oxazole rings is 1. The van der Waals surface area contributed by atoms with Gasteiger partial charge in [-0.3, -0.25) is 0 Å². The molecule has 1 heterocycles. The fourth-order valence-electron chi connectivity index (χ4n) is 2.30. The van der Waals surface area contributed by atoms with Gasteiger partial charge in [-0.25, -0.2) is 9.78 Å². The smallest absolute Gasteiger partial charge is 0.335 e. The van der Waals surface area contributed by atoms with E-state index in [9.17, 15) is 4.79 Å². The Balaban J connectivity index is 2.09. The standard InChI is InChI=1S/C18H17NO3/c1-18(2,3)13-7-8-15-14(10-13)19-16(22-15)11-5-4-6-12(9-11)17(20)21/h4-10H,1-3H3,(H,20,21). The van der Waals surface area contributed by atoms with E-state index in [0.29, 0.717) is 17.0 Å². The summed E-state index contributed by atoms with van der Waals surface area (Å²) >= 11 is 0. The fraction of sp³-hybridized carbons (Fsp3) is 0.222. The first-order valence-electron chi connectivity index (χ1n) is 7.09. The molecule has 0 atom stereocenters. The van der Waals surface area contributed by atoms with Crippen LogP contribution in [0.1, 0.15) is 36.7 Å². The lowest BCUT2D eigenvalue weighted by atomic mass is 9.87. The van der Waals surface area contributed by atoms with Crippen molar-refractivity contribution in [1.82, 2.24) is 4.98 Å². The van der Waals surface area contributed by atoms with E-state index in [0.717, 1.165) is 5.52 Å². The van der Waals surface area contributed by atoms with E-state index in [4.69, 9.17) is 9.52 Å². The molecule has 0 aliphatic rings. The maximum Gasteiger partial charge on any atom is 0.335 e. The Labute approximate surface area is 128 Å². The van der Waals surface area contributed by atoms with Gasteiger partial charge < -0.3 is 9.52 Å². The van der Waals surface area contributed by atoms with Crippen molar-refractivity contribution >= 4 is 17.1 Å². The number of fused-ring (bicyclic) bond motifs is 1. The van der Waals surface area contributed by atoms with Crippen LogP contribution in [0.5, 0.6) is 0 Å². The van der Waals surface area contributed by atoms with Crippen LogP contribution in [0.25, 0.3) is 22.6 Å². The number of aromatic carboxylic acids is 1. The second-order valence-electron chi connectivity index (χ2n) is 6.34. The number of carboxylic acids is 1. The summed E-state index contributed by atoms with van der Waals surface area (Å²) in [7, 11) is 0. The first kappa shape index (κ1) is 14.3. The van der Waals surface area contributed by atoms with Crippen LogP contribution >= 0.6 is 0 Å². The van der Waals surface area contributed by atoms with Crippen LogP contribution < -0.4 is 0 Å². The van der Waals surface area contributed by atoms with E-state index < -0.39 is 5.97 Å². The van der Waals surface area contributed by atoms with Crippen LogP contribution in [0.3, 0.4) is 0 Å². The number of hydrogen-bond donors (Lipinski definition) is 1. The van der Waals surface area contributed by atoms with Crippen LogP contribution in [-0.2, 0) is 5.41 Å². The number of nitrogens with zero attached hydrogens (tertiary/aromatic N) is 1. The van der Waals surface area contributed by atoms with E-state index in [-0.39, 0.29) is 11.0 Å². The van der Waals surface area contributed by atoms with Crippen molar-refractivity contribution in [3.05, 3.63) is 53.6 Å². The second kappa shape index (κ2) is 4.98. The van der Waals surface area contributed by atoms with Crippen LogP contribution in [0, 0.1) is 0 Å². The molecule has 0 bridgehead atoms. The summed E-state index contributed by atoms with van der Waals surface area (Å²) in [6, 6.07) is 12.6. The van der Waals surface area contributed by atoms with Crippen LogP contribution in [0.15, 0.2) is 46.9 Å². The Bertz CT molecular complexity index is 856. The zero-order chi connectivity index (χ0) is 15.9. The summed E-state index contributed by atoms with van der Waals surface area (Å²) < 4.78 is 5.75. The molecular weight excluding hydrogens is 278 g/mol. The normalized spacial score (nSPS) is 11.8. The van der Waals surface area contributed by atoms with Gasteiger partial charge in [0.15, 0.2) is 5.58 Å². The van der Waals surface area contributed by atoms with Crippen molar-refractivity contribution in [1.29, 1.82) is 0 Å². The van der Waals surface area contributed by atoms with Gasteiger partial charge in [0.1, 0.15) is 5.52 Å². The topological polar surface area (TPSA) is 63.3 Å². The lowest BCUT2D eigenvalue weighted by Crippen LogP contribution is -2.10. The highest BCUT2D eigenvalue weighted by Gasteiger charge is 2.16. The van der Waals surface area contributed by atoms with Crippen molar-refractivity contribution in [3.63, 3.8) is 0 Å². The molecule has 0 aliphatic heterocycles. The fourth-order valence-corrected chi connectivity index (χ4v) is 2.30.